The van der Waals surface area contributed by atoms with Crippen molar-refractivity contribution in [2.24, 2.45) is 5.92 Å². The van der Waals surface area contributed by atoms with Crippen LogP contribution in [0, 0.1) is 12.8 Å². The van der Waals surface area contributed by atoms with Gasteiger partial charge < -0.3 is 10.1 Å². The van der Waals surface area contributed by atoms with E-state index in [9.17, 15) is 4.79 Å². The third kappa shape index (κ3) is 3.99. The molecule has 0 aliphatic carbocycles. The van der Waals surface area contributed by atoms with Crippen LogP contribution in [-0.2, 0) is 11.3 Å². The average Bonchev–Trinajstić information content (AvgIpc) is 3.27. The van der Waals surface area contributed by atoms with Crippen molar-refractivity contribution in [3.05, 3.63) is 59.0 Å². The molecule has 2 aromatic carbocycles. The fourth-order valence-corrected chi connectivity index (χ4v) is 4.67. The first-order chi connectivity index (χ1) is 13.1. The number of ether oxygens (including phenoxy) is 1. The molecule has 1 aliphatic heterocycles. The number of fused-ring (bicyclic) bond motifs is 1. The summed E-state index contributed by atoms with van der Waals surface area (Å²) in [5.74, 6) is 0.810. The molecule has 3 aromatic rings. The van der Waals surface area contributed by atoms with Crippen LogP contribution in [0.3, 0.4) is 0 Å². The number of nitrogens with zero attached hydrogens (tertiary/aromatic N) is 1. The molecule has 0 bridgehead atoms. The predicted molar refractivity (Wildman–Crippen MR) is 112 cm³/mol. The molecule has 1 atom stereocenters. The van der Waals surface area contributed by atoms with Crippen LogP contribution < -0.4 is 10.1 Å². The number of benzene rings is 2. The molecule has 0 spiro atoms. The highest BCUT2D eigenvalue weighted by Gasteiger charge is 2.28. The Hall–Kier alpha value is -2.37. The number of aryl methyl sites for hydroxylation is 1. The fraction of sp³-hybridized carbons (Fsp3) is 0.318. The summed E-state index contributed by atoms with van der Waals surface area (Å²) in [4.78, 5) is 16.4. The monoisotopic (exact) mass is 380 g/mol. The van der Waals surface area contributed by atoms with Gasteiger partial charge in [-0.2, -0.15) is 0 Å². The van der Waals surface area contributed by atoms with Crippen molar-refractivity contribution in [1.82, 2.24) is 4.90 Å². The van der Waals surface area contributed by atoms with E-state index in [4.69, 9.17) is 4.74 Å². The van der Waals surface area contributed by atoms with Gasteiger partial charge >= 0.3 is 0 Å². The van der Waals surface area contributed by atoms with E-state index in [1.54, 1.807) is 18.4 Å². The third-order valence-electron chi connectivity index (χ3n) is 5.11. The minimum absolute atomic E-state index is 0.0123. The maximum atomic E-state index is 12.8. The van der Waals surface area contributed by atoms with E-state index < -0.39 is 0 Å². The summed E-state index contributed by atoms with van der Waals surface area (Å²) in [7, 11) is 1.65. The van der Waals surface area contributed by atoms with Crippen LogP contribution in [0.25, 0.3) is 10.1 Å². The Labute approximate surface area is 163 Å². The molecule has 4 nitrogen and oxygen atoms in total. The van der Waals surface area contributed by atoms with Crippen molar-refractivity contribution in [1.29, 1.82) is 0 Å². The van der Waals surface area contributed by atoms with Crippen LogP contribution >= 0.6 is 11.3 Å². The van der Waals surface area contributed by atoms with Crippen LogP contribution in [0.2, 0.25) is 0 Å². The minimum Gasteiger partial charge on any atom is -0.495 e. The van der Waals surface area contributed by atoms with Crippen molar-refractivity contribution < 1.29 is 9.53 Å². The molecular formula is C22H24N2O2S. The van der Waals surface area contributed by atoms with Gasteiger partial charge in [-0.1, -0.05) is 30.3 Å². The van der Waals surface area contributed by atoms with Gasteiger partial charge in [-0.3, -0.25) is 9.69 Å². The second kappa shape index (κ2) is 7.71. The van der Waals surface area contributed by atoms with Gasteiger partial charge in [0.15, 0.2) is 0 Å². The lowest BCUT2D eigenvalue weighted by atomic mass is 10.1. The first kappa shape index (κ1) is 18.0. The maximum Gasteiger partial charge on any atom is 0.228 e. The zero-order valence-electron chi connectivity index (χ0n) is 15.7. The summed E-state index contributed by atoms with van der Waals surface area (Å²) in [5, 5.41) is 4.25. The van der Waals surface area contributed by atoms with Crippen LogP contribution in [-0.4, -0.2) is 31.0 Å². The van der Waals surface area contributed by atoms with E-state index in [0.717, 1.165) is 42.9 Å². The molecular weight excluding hydrogens is 356 g/mol. The van der Waals surface area contributed by atoms with Crippen molar-refractivity contribution in [2.45, 2.75) is 19.9 Å². The number of carbonyl (C=O) groups is 1. The minimum atomic E-state index is 0.0123. The van der Waals surface area contributed by atoms with Crippen LogP contribution in [0.15, 0.2) is 48.5 Å². The Morgan fingerprint density at radius 2 is 2.07 bits per heavy atom. The van der Waals surface area contributed by atoms with Gasteiger partial charge in [0.25, 0.3) is 0 Å². The Bertz CT molecular complexity index is 952. The second-order valence-corrected chi connectivity index (χ2v) is 8.43. The van der Waals surface area contributed by atoms with Crippen molar-refractivity contribution in [3.8, 4) is 5.75 Å². The first-order valence-electron chi connectivity index (χ1n) is 9.27. The molecule has 1 amide bonds. The molecule has 1 aliphatic rings. The first-order valence-corrected chi connectivity index (χ1v) is 10.1. The molecule has 1 unspecified atom stereocenters. The molecule has 27 heavy (non-hydrogen) atoms. The molecule has 2 heterocycles. The zero-order chi connectivity index (χ0) is 18.8. The predicted octanol–water partition coefficient (Wildman–Crippen LogP) is 4.68. The normalized spacial score (nSPS) is 17.3. The quantitative estimate of drug-likeness (QED) is 0.699. The maximum absolute atomic E-state index is 12.8. The number of amides is 1. The summed E-state index contributed by atoms with van der Waals surface area (Å²) in [6.45, 7) is 4.74. The molecule has 4 rings (SSSR count). The number of anilines is 1. The molecule has 0 saturated carbocycles. The van der Waals surface area contributed by atoms with Crippen LogP contribution in [0.1, 0.15) is 16.9 Å². The highest BCUT2D eigenvalue weighted by Crippen LogP contribution is 2.35. The highest BCUT2D eigenvalue weighted by atomic mass is 32.1. The van der Waals surface area contributed by atoms with Gasteiger partial charge in [-0.15, -0.1) is 11.3 Å². The number of hydrogen-bond donors (Lipinski definition) is 1. The lowest BCUT2D eigenvalue weighted by Gasteiger charge is -2.17. The van der Waals surface area contributed by atoms with Crippen LogP contribution in [0.5, 0.6) is 5.75 Å². The summed E-state index contributed by atoms with van der Waals surface area (Å²) >= 11 is 1.74. The van der Waals surface area contributed by atoms with E-state index in [1.165, 1.54) is 15.1 Å². The lowest BCUT2D eigenvalue weighted by Crippen LogP contribution is -2.27. The topological polar surface area (TPSA) is 41.6 Å². The van der Waals surface area contributed by atoms with Gasteiger partial charge in [-0.25, -0.2) is 0 Å². The summed E-state index contributed by atoms with van der Waals surface area (Å²) in [5.41, 5.74) is 2.05. The molecule has 1 aromatic heterocycles. The Balaban J connectivity index is 1.44. The average molecular weight is 381 g/mol. The molecule has 1 saturated heterocycles. The molecule has 5 heteroatoms. The second-order valence-electron chi connectivity index (χ2n) is 7.14. The SMILES string of the molecule is COc1cc2sc(C)cc2cc1NC(=O)C1CCN(Cc2ccccc2)C1. The van der Waals surface area contributed by atoms with Gasteiger partial charge in [0, 0.05) is 28.7 Å². The van der Waals surface area contributed by atoms with E-state index in [-0.39, 0.29) is 11.8 Å². The van der Waals surface area contributed by atoms with E-state index >= 15 is 0 Å². The zero-order valence-corrected chi connectivity index (χ0v) is 16.5. The third-order valence-corrected chi connectivity index (χ3v) is 6.12. The van der Waals surface area contributed by atoms with Gasteiger partial charge in [-0.05, 0) is 43.0 Å². The van der Waals surface area contributed by atoms with Crippen molar-refractivity contribution in [3.63, 3.8) is 0 Å². The molecule has 140 valence electrons. The standard InChI is InChI=1S/C22H24N2O2S/c1-15-10-18-11-19(20(26-2)12-21(18)27-15)23-22(25)17-8-9-24(14-17)13-16-6-4-3-5-7-16/h3-7,10-12,17H,8-9,13-14H2,1-2H3,(H,23,25). The Morgan fingerprint density at radius 3 is 2.85 bits per heavy atom. The number of methoxy groups -OCH3 is 1. The smallest absolute Gasteiger partial charge is 0.228 e. The summed E-state index contributed by atoms with van der Waals surface area (Å²) in [6, 6.07) is 16.6. The van der Waals surface area contributed by atoms with Gasteiger partial charge in [0.05, 0.1) is 18.7 Å². The van der Waals surface area contributed by atoms with E-state index in [2.05, 4.69) is 47.5 Å². The number of carbonyl (C=O) groups excluding carboxylic acids is 1. The van der Waals surface area contributed by atoms with Crippen LogP contribution in [0.4, 0.5) is 5.69 Å². The van der Waals surface area contributed by atoms with Crippen molar-refractivity contribution in [2.75, 3.05) is 25.5 Å². The van der Waals surface area contributed by atoms with Gasteiger partial charge in [0.2, 0.25) is 5.91 Å². The number of hydrogen-bond acceptors (Lipinski definition) is 4. The number of nitrogens with one attached hydrogen (secondary N) is 1. The molecule has 1 N–H and O–H groups in total. The Morgan fingerprint density at radius 1 is 1.26 bits per heavy atom. The summed E-state index contributed by atoms with van der Waals surface area (Å²) in [6.07, 6.45) is 0.890. The van der Waals surface area contributed by atoms with E-state index in [0.29, 0.717) is 0 Å². The molecule has 1 fully saturated rings. The lowest BCUT2D eigenvalue weighted by molar-refractivity contribution is -0.119. The number of likely N-dealkylation sites (tertiary alicyclic amines) is 1. The summed E-state index contributed by atoms with van der Waals surface area (Å²) < 4.78 is 6.69. The Kier molecular flexibility index (Phi) is 5.14. The van der Waals surface area contributed by atoms with Gasteiger partial charge in [0.1, 0.15) is 5.75 Å². The fourth-order valence-electron chi connectivity index (χ4n) is 3.73. The highest BCUT2D eigenvalue weighted by molar-refractivity contribution is 7.19. The van der Waals surface area contributed by atoms with Crippen molar-refractivity contribution >= 4 is 33.0 Å². The number of thiophene rings is 1. The molecule has 0 radical (unpaired) electrons. The largest absolute Gasteiger partial charge is 0.495 e. The number of rotatable bonds is 5. The van der Waals surface area contributed by atoms with E-state index in [1.807, 2.05) is 18.2 Å².